The zero-order chi connectivity index (χ0) is 22.2. The lowest BCUT2D eigenvalue weighted by atomic mass is 10.2. The van der Waals surface area contributed by atoms with Crippen molar-refractivity contribution in [1.29, 1.82) is 0 Å². The summed E-state index contributed by atoms with van der Waals surface area (Å²) >= 11 is 0. The molecule has 0 aliphatic heterocycles. The minimum absolute atomic E-state index is 0.262. The van der Waals surface area contributed by atoms with E-state index in [4.69, 9.17) is 0 Å². The zero-order valence-corrected chi connectivity index (χ0v) is 16.3. The molecule has 0 aliphatic rings. The fourth-order valence-corrected chi connectivity index (χ4v) is 4.43. The van der Waals surface area contributed by atoms with Crippen LogP contribution in [0.5, 0.6) is 0 Å². The monoisotopic (exact) mass is 448 g/mol. The van der Waals surface area contributed by atoms with Gasteiger partial charge in [0.2, 0.25) is 0 Å². The van der Waals surface area contributed by atoms with E-state index in [9.17, 15) is 26.0 Å². The number of sulfonamides is 1. The Kier molecular flexibility index (Phi) is 5.05. The van der Waals surface area contributed by atoms with E-state index in [1.807, 2.05) is 0 Å². The highest BCUT2D eigenvalue weighted by Crippen LogP contribution is 2.38. The van der Waals surface area contributed by atoms with Gasteiger partial charge in [-0.3, -0.25) is 4.98 Å². The summed E-state index contributed by atoms with van der Waals surface area (Å²) in [5.74, 6) is -1.48. The SMILES string of the molecule is O=S(=O)(c1ccc2cnccc2c1)N(c1ccncn1)c1cc(C(F)(F)F)ccc1F. The van der Waals surface area contributed by atoms with Gasteiger partial charge in [0.1, 0.15) is 12.1 Å². The summed E-state index contributed by atoms with van der Waals surface area (Å²) in [5, 5.41) is 1.18. The van der Waals surface area contributed by atoms with Gasteiger partial charge in [0.05, 0.1) is 16.1 Å². The van der Waals surface area contributed by atoms with Crippen molar-refractivity contribution in [3.8, 4) is 0 Å². The van der Waals surface area contributed by atoms with E-state index in [0.29, 0.717) is 33.3 Å². The summed E-state index contributed by atoms with van der Waals surface area (Å²) in [7, 11) is -4.57. The molecule has 0 N–H and O–H groups in total. The number of hydrogen-bond donors (Lipinski definition) is 0. The quantitative estimate of drug-likeness (QED) is 0.423. The Bertz CT molecular complexity index is 1360. The number of pyridine rings is 1. The minimum atomic E-state index is -4.81. The lowest BCUT2D eigenvalue weighted by Gasteiger charge is -2.24. The van der Waals surface area contributed by atoms with Gasteiger partial charge in [-0.25, -0.2) is 27.1 Å². The maximum atomic E-state index is 14.7. The van der Waals surface area contributed by atoms with Crippen molar-refractivity contribution < 1.29 is 26.0 Å². The summed E-state index contributed by atoms with van der Waals surface area (Å²) in [4.78, 5) is 11.2. The minimum Gasteiger partial charge on any atom is -0.264 e. The van der Waals surface area contributed by atoms with Crippen LogP contribution in [0.2, 0.25) is 0 Å². The smallest absolute Gasteiger partial charge is 0.264 e. The van der Waals surface area contributed by atoms with Crippen molar-refractivity contribution in [2.45, 2.75) is 11.1 Å². The van der Waals surface area contributed by atoms with Crippen LogP contribution in [-0.2, 0) is 16.2 Å². The molecule has 0 saturated carbocycles. The van der Waals surface area contributed by atoms with Crippen molar-refractivity contribution in [3.05, 3.63) is 84.8 Å². The van der Waals surface area contributed by atoms with Crippen LogP contribution in [0.25, 0.3) is 10.8 Å². The molecule has 0 saturated heterocycles. The first-order valence-electron chi connectivity index (χ1n) is 8.70. The van der Waals surface area contributed by atoms with Gasteiger partial charge in [0, 0.05) is 30.0 Å². The average molecular weight is 448 g/mol. The maximum absolute atomic E-state index is 14.7. The third kappa shape index (κ3) is 3.91. The summed E-state index contributed by atoms with van der Waals surface area (Å²) in [6.45, 7) is 0. The number of halogens is 4. The van der Waals surface area contributed by atoms with Gasteiger partial charge in [0.25, 0.3) is 10.0 Å². The van der Waals surface area contributed by atoms with Gasteiger partial charge in [-0.2, -0.15) is 13.2 Å². The first kappa shape index (κ1) is 20.7. The molecule has 0 unspecified atom stereocenters. The molecule has 0 spiro atoms. The number of benzene rings is 2. The molecule has 31 heavy (non-hydrogen) atoms. The molecule has 2 heterocycles. The van der Waals surface area contributed by atoms with E-state index in [1.165, 1.54) is 36.8 Å². The molecule has 0 radical (unpaired) electrons. The van der Waals surface area contributed by atoms with Crippen LogP contribution >= 0.6 is 0 Å². The highest BCUT2D eigenvalue weighted by atomic mass is 32.2. The number of alkyl halides is 3. The summed E-state index contributed by atoms with van der Waals surface area (Å²) in [6, 6.07) is 8.35. The van der Waals surface area contributed by atoms with E-state index in [-0.39, 0.29) is 10.7 Å². The van der Waals surface area contributed by atoms with Crippen molar-refractivity contribution >= 4 is 32.3 Å². The predicted molar refractivity (Wildman–Crippen MR) is 105 cm³/mol. The molecule has 0 aliphatic carbocycles. The van der Waals surface area contributed by atoms with Crippen molar-refractivity contribution in [3.63, 3.8) is 0 Å². The zero-order valence-electron chi connectivity index (χ0n) is 15.5. The number of anilines is 2. The molecule has 2 aromatic heterocycles. The van der Waals surface area contributed by atoms with Crippen LogP contribution in [-0.4, -0.2) is 23.4 Å². The largest absolute Gasteiger partial charge is 0.416 e. The van der Waals surface area contributed by atoms with E-state index in [1.54, 1.807) is 6.07 Å². The molecule has 2 aromatic carbocycles. The molecule has 4 rings (SSSR count). The number of fused-ring (bicyclic) bond motifs is 1. The van der Waals surface area contributed by atoms with E-state index >= 15 is 0 Å². The van der Waals surface area contributed by atoms with Crippen molar-refractivity contribution in [2.75, 3.05) is 4.31 Å². The summed E-state index contributed by atoms with van der Waals surface area (Å²) in [6.07, 6.45) is 0.394. The predicted octanol–water partition coefficient (Wildman–Crippen LogP) is 4.71. The summed E-state index contributed by atoms with van der Waals surface area (Å²) < 4.78 is 81.8. The van der Waals surface area contributed by atoms with E-state index < -0.39 is 33.3 Å². The molecular formula is C20H12F4N4O2S. The van der Waals surface area contributed by atoms with Crippen LogP contribution in [0.1, 0.15) is 5.56 Å². The Morgan fingerprint density at radius 3 is 2.35 bits per heavy atom. The second-order valence-corrected chi connectivity index (χ2v) is 8.17. The Hall–Kier alpha value is -3.60. The maximum Gasteiger partial charge on any atom is 0.416 e. The van der Waals surface area contributed by atoms with Gasteiger partial charge in [0.15, 0.2) is 5.82 Å². The number of rotatable bonds is 4. The molecule has 0 amide bonds. The van der Waals surface area contributed by atoms with Crippen molar-refractivity contribution in [1.82, 2.24) is 15.0 Å². The first-order chi connectivity index (χ1) is 14.7. The van der Waals surface area contributed by atoms with E-state index in [0.717, 1.165) is 12.4 Å². The third-order valence-corrected chi connectivity index (χ3v) is 6.13. The lowest BCUT2D eigenvalue weighted by molar-refractivity contribution is -0.137. The van der Waals surface area contributed by atoms with E-state index in [2.05, 4.69) is 15.0 Å². The second kappa shape index (κ2) is 7.58. The Balaban J connectivity index is 1.96. The molecule has 4 aromatic rings. The van der Waals surface area contributed by atoms with Crippen LogP contribution in [0.15, 0.2) is 78.3 Å². The van der Waals surface area contributed by atoms with Gasteiger partial charge >= 0.3 is 6.18 Å². The molecule has 6 nitrogen and oxygen atoms in total. The normalized spacial score (nSPS) is 12.1. The number of hydrogen-bond acceptors (Lipinski definition) is 5. The van der Waals surface area contributed by atoms with Crippen LogP contribution in [0.3, 0.4) is 0 Å². The molecule has 0 fully saturated rings. The second-order valence-electron chi connectivity index (χ2n) is 6.39. The number of aromatic nitrogens is 3. The molecule has 158 valence electrons. The Morgan fingerprint density at radius 2 is 1.65 bits per heavy atom. The van der Waals surface area contributed by atoms with Gasteiger partial charge < -0.3 is 0 Å². The average Bonchev–Trinajstić information content (AvgIpc) is 2.74. The van der Waals surface area contributed by atoms with Crippen LogP contribution in [0, 0.1) is 5.82 Å². The van der Waals surface area contributed by atoms with Crippen LogP contribution in [0.4, 0.5) is 29.1 Å². The van der Waals surface area contributed by atoms with Gasteiger partial charge in [-0.15, -0.1) is 0 Å². The molecule has 0 atom stereocenters. The van der Waals surface area contributed by atoms with Crippen LogP contribution < -0.4 is 4.31 Å². The summed E-state index contributed by atoms with van der Waals surface area (Å²) in [5.41, 5.74) is -2.02. The fourth-order valence-electron chi connectivity index (χ4n) is 2.95. The lowest BCUT2D eigenvalue weighted by Crippen LogP contribution is -2.28. The topological polar surface area (TPSA) is 76.1 Å². The molecular weight excluding hydrogens is 436 g/mol. The Labute approximate surface area is 173 Å². The van der Waals surface area contributed by atoms with Gasteiger partial charge in [-0.1, -0.05) is 6.07 Å². The molecule has 11 heteroatoms. The third-order valence-electron chi connectivity index (χ3n) is 4.42. The molecule has 0 bridgehead atoms. The highest BCUT2D eigenvalue weighted by Gasteiger charge is 2.35. The first-order valence-corrected chi connectivity index (χ1v) is 10.1. The standard InChI is InChI=1S/C20H12F4N4O2S/c21-17-4-2-15(20(22,23)24)10-18(17)28(19-6-8-26-12-27-19)31(29,30)16-3-1-14-11-25-7-5-13(14)9-16/h1-12H. The highest BCUT2D eigenvalue weighted by molar-refractivity contribution is 7.93. The number of nitrogens with zero attached hydrogens (tertiary/aromatic N) is 4. The van der Waals surface area contributed by atoms with Gasteiger partial charge in [-0.05, 0) is 41.8 Å². The fraction of sp³-hybridized carbons (Fsp3) is 0.0500. The Morgan fingerprint density at radius 1 is 0.871 bits per heavy atom. The van der Waals surface area contributed by atoms with Crippen molar-refractivity contribution in [2.24, 2.45) is 0 Å².